The van der Waals surface area contributed by atoms with Gasteiger partial charge in [-0.15, -0.1) is 0 Å². The van der Waals surface area contributed by atoms with E-state index in [1.54, 1.807) is 14.2 Å². The third-order valence-corrected chi connectivity index (χ3v) is 5.51. The first-order valence-corrected chi connectivity index (χ1v) is 10.2. The molecule has 1 amide bonds. The molecule has 0 fully saturated rings. The highest BCUT2D eigenvalue weighted by atomic mass is 16.5. The Bertz CT molecular complexity index is 1170. The van der Waals surface area contributed by atoms with E-state index < -0.39 is 0 Å². The summed E-state index contributed by atoms with van der Waals surface area (Å²) in [4.78, 5) is 19.8. The molecule has 0 aliphatic carbocycles. The van der Waals surface area contributed by atoms with Crippen LogP contribution in [-0.4, -0.2) is 38.2 Å². The minimum absolute atomic E-state index is 0.195. The van der Waals surface area contributed by atoms with E-state index in [1.165, 1.54) is 5.56 Å². The predicted molar refractivity (Wildman–Crippen MR) is 119 cm³/mol. The van der Waals surface area contributed by atoms with E-state index in [1.807, 2.05) is 48.5 Å². The first-order valence-electron chi connectivity index (χ1n) is 10.2. The predicted octanol–water partition coefficient (Wildman–Crippen LogP) is 3.46. The highest BCUT2D eigenvalue weighted by Crippen LogP contribution is 2.34. The molecule has 0 unspecified atom stereocenters. The molecular formula is C24H24N4O3. The molecule has 1 aliphatic rings. The normalized spacial score (nSPS) is 12.7. The van der Waals surface area contributed by atoms with E-state index in [9.17, 15) is 4.79 Å². The Balaban J connectivity index is 1.69. The maximum absolute atomic E-state index is 12.8. The number of methoxy groups -OCH3 is 2. The van der Waals surface area contributed by atoms with E-state index in [4.69, 9.17) is 19.7 Å². The van der Waals surface area contributed by atoms with Gasteiger partial charge in [-0.25, -0.2) is 4.98 Å². The third-order valence-electron chi connectivity index (χ3n) is 5.51. The number of benzene rings is 2. The molecule has 7 heteroatoms. The largest absolute Gasteiger partial charge is 0.493 e. The lowest BCUT2D eigenvalue weighted by Gasteiger charge is -2.31. The number of pyridine rings is 1. The van der Waals surface area contributed by atoms with Gasteiger partial charge in [-0.2, -0.15) is 5.26 Å². The van der Waals surface area contributed by atoms with Crippen molar-refractivity contribution < 1.29 is 14.3 Å². The summed E-state index contributed by atoms with van der Waals surface area (Å²) in [6.07, 6.45) is 1.11. The Morgan fingerprint density at radius 2 is 1.90 bits per heavy atom. The van der Waals surface area contributed by atoms with Gasteiger partial charge in [0.05, 0.1) is 37.8 Å². The Kier molecular flexibility index (Phi) is 5.89. The Hall–Kier alpha value is -3.79. The molecule has 1 aromatic heterocycles. The molecule has 0 bridgehead atoms. The molecule has 1 N–H and O–H groups in total. The average Bonchev–Trinajstić information content (AvgIpc) is 2.82. The smallest absolute Gasteiger partial charge is 0.252 e. The van der Waals surface area contributed by atoms with Crippen molar-refractivity contribution in [2.75, 3.05) is 32.2 Å². The first kappa shape index (κ1) is 20.5. The number of ether oxygens (including phenoxy) is 2. The minimum atomic E-state index is -0.195. The summed E-state index contributed by atoms with van der Waals surface area (Å²) >= 11 is 0. The second-order valence-corrected chi connectivity index (χ2v) is 7.36. The second kappa shape index (κ2) is 8.92. The van der Waals surface area contributed by atoms with Gasteiger partial charge in [0.2, 0.25) is 0 Å². The molecule has 2 aromatic carbocycles. The summed E-state index contributed by atoms with van der Waals surface area (Å²) in [5.41, 5.74) is 3.71. The fraction of sp³-hybridized carbons (Fsp3) is 0.292. The van der Waals surface area contributed by atoms with E-state index in [2.05, 4.69) is 10.2 Å². The molecule has 0 atom stereocenters. The summed E-state index contributed by atoms with van der Waals surface area (Å²) < 4.78 is 10.9. The fourth-order valence-electron chi connectivity index (χ4n) is 3.92. The van der Waals surface area contributed by atoms with Crippen molar-refractivity contribution in [1.29, 1.82) is 5.26 Å². The molecule has 0 saturated heterocycles. The molecule has 3 aromatic rings. The number of carbonyl (C=O) groups is 1. The highest BCUT2D eigenvalue weighted by molar-refractivity contribution is 6.07. The quantitative estimate of drug-likeness (QED) is 0.619. The summed E-state index contributed by atoms with van der Waals surface area (Å²) in [6, 6.07) is 15.6. The van der Waals surface area contributed by atoms with E-state index in [0.717, 1.165) is 41.0 Å². The van der Waals surface area contributed by atoms with Crippen LogP contribution in [0.25, 0.3) is 10.9 Å². The molecule has 7 nitrogen and oxygen atoms in total. The molecule has 1 aliphatic heterocycles. The van der Waals surface area contributed by atoms with Crippen molar-refractivity contribution in [3.8, 4) is 17.6 Å². The van der Waals surface area contributed by atoms with Crippen molar-refractivity contribution in [2.24, 2.45) is 0 Å². The van der Waals surface area contributed by atoms with E-state index >= 15 is 0 Å². The van der Waals surface area contributed by atoms with Crippen molar-refractivity contribution in [3.63, 3.8) is 0 Å². The molecule has 158 valence electrons. The van der Waals surface area contributed by atoms with Crippen molar-refractivity contribution >= 4 is 22.6 Å². The molecule has 2 heterocycles. The van der Waals surface area contributed by atoms with Crippen LogP contribution >= 0.6 is 0 Å². The van der Waals surface area contributed by atoms with Crippen molar-refractivity contribution in [2.45, 2.75) is 19.4 Å². The number of hydrogen-bond donors (Lipinski definition) is 1. The summed E-state index contributed by atoms with van der Waals surface area (Å²) in [7, 11) is 3.27. The van der Waals surface area contributed by atoms with Gasteiger partial charge in [0, 0.05) is 25.0 Å². The number of rotatable bonds is 6. The first-order chi connectivity index (χ1) is 15.1. The number of carbonyl (C=O) groups excluding carboxylic acids is 1. The van der Waals surface area contributed by atoms with Gasteiger partial charge >= 0.3 is 0 Å². The second-order valence-electron chi connectivity index (χ2n) is 7.36. The number of anilines is 1. The summed E-state index contributed by atoms with van der Waals surface area (Å²) in [5, 5.41) is 12.4. The van der Waals surface area contributed by atoms with Crippen LogP contribution in [0.2, 0.25) is 0 Å². The monoisotopic (exact) mass is 416 g/mol. The van der Waals surface area contributed by atoms with Crippen molar-refractivity contribution in [3.05, 3.63) is 59.2 Å². The van der Waals surface area contributed by atoms with Crippen LogP contribution in [-0.2, 0) is 13.0 Å². The van der Waals surface area contributed by atoms with Gasteiger partial charge in [0.1, 0.15) is 5.82 Å². The molecule has 31 heavy (non-hydrogen) atoms. The van der Waals surface area contributed by atoms with Gasteiger partial charge in [-0.3, -0.25) is 4.79 Å². The number of nitrogens with zero attached hydrogens (tertiary/aromatic N) is 3. The van der Waals surface area contributed by atoms with Crippen molar-refractivity contribution in [1.82, 2.24) is 10.3 Å². The maximum Gasteiger partial charge on any atom is 0.252 e. The van der Waals surface area contributed by atoms with Crippen LogP contribution in [0.5, 0.6) is 11.5 Å². The van der Waals surface area contributed by atoms with Crippen LogP contribution in [0, 0.1) is 11.3 Å². The number of hydrogen-bond acceptors (Lipinski definition) is 6. The highest BCUT2D eigenvalue weighted by Gasteiger charge is 2.22. The van der Waals surface area contributed by atoms with Gasteiger partial charge in [0.15, 0.2) is 11.5 Å². The van der Waals surface area contributed by atoms with Crippen LogP contribution in [0.1, 0.15) is 27.9 Å². The van der Waals surface area contributed by atoms with Gasteiger partial charge in [0.25, 0.3) is 5.91 Å². The molecule has 0 saturated carbocycles. The van der Waals surface area contributed by atoms with Crippen LogP contribution in [0.3, 0.4) is 0 Å². The zero-order valence-electron chi connectivity index (χ0n) is 17.6. The lowest BCUT2D eigenvalue weighted by molar-refractivity contribution is 0.0956. The molecule has 4 rings (SSSR count). The lowest BCUT2D eigenvalue weighted by Crippen LogP contribution is -2.32. The molecule has 0 radical (unpaired) electrons. The number of nitriles is 1. The zero-order valence-corrected chi connectivity index (χ0v) is 17.6. The third kappa shape index (κ3) is 4.10. The average molecular weight is 416 g/mol. The zero-order chi connectivity index (χ0) is 21.8. The Morgan fingerprint density at radius 3 is 2.65 bits per heavy atom. The summed E-state index contributed by atoms with van der Waals surface area (Å²) in [6.45, 7) is 1.76. The number of fused-ring (bicyclic) bond motifs is 2. The fourth-order valence-corrected chi connectivity index (χ4v) is 3.92. The van der Waals surface area contributed by atoms with E-state index in [0.29, 0.717) is 24.4 Å². The topological polar surface area (TPSA) is 87.5 Å². The number of amides is 1. The number of para-hydroxylation sites is 1. The number of aromatic nitrogens is 1. The molecular weight excluding hydrogens is 392 g/mol. The van der Waals surface area contributed by atoms with Crippen LogP contribution < -0.4 is 19.7 Å². The number of nitrogens with one attached hydrogen (secondary N) is 1. The Morgan fingerprint density at radius 1 is 1.16 bits per heavy atom. The standard InChI is InChI=1S/C24H24N4O3/c1-30-21-12-16-8-11-28(15-17(16)13-22(21)31-2)23-14-19(24(29)26-10-5-9-25)18-6-3-4-7-20(18)27-23/h3-4,6-7,12-14H,5,8,10-11,15H2,1-2H3,(H,26,29). The van der Waals surface area contributed by atoms with Gasteiger partial charge < -0.3 is 19.7 Å². The van der Waals surface area contributed by atoms with Gasteiger partial charge in [-0.1, -0.05) is 18.2 Å². The van der Waals surface area contributed by atoms with Crippen LogP contribution in [0.15, 0.2) is 42.5 Å². The maximum atomic E-state index is 12.8. The Labute approximate surface area is 181 Å². The van der Waals surface area contributed by atoms with Crippen LogP contribution in [0.4, 0.5) is 5.82 Å². The minimum Gasteiger partial charge on any atom is -0.493 e. The molecule has 0 spiro atoms. The lowest BCUT2D eigenvalue weighted by atomic mass is 9.98. The van der Waals surface area contributed by atoms with Gasteiger partial charge in [-0.05, 0) is 41.8 Å². The van der Waals surface area contributed by atoms with E-state index in [-0.39, 0.29) is 12.3 Å². The SMILES string of the molecule is COc1cc2c(cc1OC)CN(c1cc(C(=O)NCCC#N)c3ccccc3n1)CC2. The summed E-state index contributed by atoms with van der Waals surface area (Å²) in [5.74, 6) is 1.99.